The molecule has 0 amide bonds. The van der Waals surface area contributed by atoms with Gasteiger partial charge < -0.3 is 5.32 Å². The van der Waals surface area contributed by atoms with Crippen molar-refractivity contribution in [2.24, 2.45) is 5.41 Å². The minimum absolute atomic E-state index is 0.0356. The monoisotopic (exact) mass is 270 g/mol. The molecule has 0 aliphatic carbocycles. The summed E-state index contributed by atoms with van der Waals surface area (Å²) >= 11 is 0. The van der Waals surface area contributed by atoms with Crippen molar-refractivity contribution >= 4 is 0 Å². The Kier molecular flexibility index (Phi) is 5.00. The van der Waals surface area contributed by atoms with E-state index in [2.05, 4.69) is 5.32 Å². The number of nitrogens with one attached hydrogen (secondary N) is 1. The average Bonchev–Trinajstić information content (AvgIpc) is 2.41. The second-order valence-electron chi connectivity index (χ2n) is 6.02. The molecule has 0 radical (unpaired) electrons. The van der Waals surface area contributed by atoms with E-state index >= 15 is 0 Å². The second-order valence-corrected chi connectivity index (χ2v) is 6.02. The van der Waals surface area contributed by atoms with Crippen LogP contribution in [-0.4, -0.2) is 49.5 Å². The molecule has 1 unspecified atom stereocenters. The highest BCUT2D eigenvalue weighted by Gasteiger charge is 2.43. The van der Waals surface area contributed by atoms with E-state index in [-0.39, 0.29) is 11.5 Å². The molecule has 1 fully saturated rings. The van der Waals surface area contributed by atoms with Crippen LogP contribution in [-0.2, 0) is 0 Å². The molecule has 0 saturated carbocycles. The Morgan fingerprint density at radius 3 is 2.39 bits per heavy atom. The molecule has 1 heterocycles. The second kappa shape index (κ2) is 5.74. The van der Waals surface area contributed by atoms with Crippen LogP contribution in [0.2, 0.25) is 0 Å². The van der Waals surface area contributed by atoms with Crippen LogP contribution >= 0.6 is 0 Å². The first-order valence-corrected chi connectivity index (χ1v) is 6.24. The van der Waals surface area contributed by atoms with Crippen LogP contribution < -0.4 is 5.32 Å². The third kappa shape index (κ3) is 4.39. The number of halogens is 4. The lowest BCUT2D eigenvalue weighted by atomic mass is 9.86. The standard InChI is InChI=1S/C12H22F4N2/c1-11(2,3)9-7-18(6-4-5-17-9)8-12(15,16)10(13)14/h9-10,17H,4-8H2,1-3H3. The van der Waals surface area contributed by atoms with Gasteiger partial charge in [-0.2, -0.15) is 8.78 Å². The van der Waals surface area contributed by atoms with Crippen molar-refractivity contribution in [3.63, 3.8) is 0 Å². The van der Waals surface area contributed by atoms with Gasteiger partial charge in [-0.15, -0.1) is 0 Å². The van der Waals surface area contributed by atoms with Gasteiger partial charge in [-0.05, 0) is 24.9 Å². The lowest BCUT2D eigenvalue weighted by molar-refractivity contribution is -0.142. The van der Waals surface area contributed by atoms with Crippen molar-refractivity contribution in [1.29, 1.82) is 0 Å². The van der Waals surface area contributed by atoms with Gasteiger partial charge in [0.15, 0.2) is 0 Å². The topological polar surface area (TPSA) is 15.3 Å². The van der Waals surface area contributed by atoms with Gasteiger partial charge in [0, 0.05) is 12.6 Å². The largest absolute Gasteiger partial charge is 0.319 e. The number of alkyl halides is 4. The first-order chi connectivity index (χ1) is 8.13. The molecule has 18 heavy (non-hydrogen) atoms. The molecule has 0 aromatic rings. The van der Waals surface area contributed by atoms with Gasteiger partial charge in [-0.25, -0.2) is 8.78 Å². The zero-order valence-corrected chi connectivity index (χ0v) is 11.1. The molecule has 0 bridgehead atoms. The van der Waals surface area contributed by atoms with Gasteiger partial charge in [0.1, 0.15) is 0 Å². The van der Waals surface area contributed by atoms with Crippen LogP contribution in [0.5, 0.6) is 0 Å². The number of hydrogen-bond acceptors (Lipinski definition) is 2. The smallest absolute Gasteiger partial charge is 0.312 e. The molecule has 6 heteroatoms. The SMILES string of the molecule is CC(C)(C)C1CN(CC(F)(F)C(F)F)CCCN1. The van der Waals surface area contributed by atoms with Crippen LogP contribution in [0, 0.1) is 5.41 Å². The molecule has 0 spiro atoms. The minimum Gasteiger partial charge on any atom is -0.312 e. The number of nitrogens with zero attached hydrogens (tertiary/aromatic N) is 1. The molecule has 0 aromatic carbocycles. The quantitative estimate of drug-likeness (QED) is 0.793. The maximum atomic E-state index is 13.1. The third-order valence-electron chi connectivity index (χ3n) is 3.28. The summed E-state index contributed by atoms with van der Waals surface area (Å²) < 4.78 is 50.6. The van der Waals surface area contributed by atoms with E-state index in [1.165, 1.54) is 4.90 Å². The van der Waals surface area contributed by atoms with Crippen LogP contribution in [0.3, 0.4) is 0 Å². The molecule has 1 atom stereocenters. The highest BCUT2D eigenvalue weighted by atomic mass is 19.3. The first kappa shape index (κ1) is 15.7. The van der Waals surface area contributed by atoms with Crippen molar-refractivity contribution in [3.05, 3.63) is 0 Å². The molecular weight excluding hydrogens is 248 g/mol. The number of hydrogen-bond donors (Lipinski definition) is 1. The fourth-order valence-corrected chi connectivity index (χ4v) is 2.08. The van der Waals surface area contributed by atoms with E-state index in [1.807, 2.05) is 20.8 Å². The van der Waals surface area contributed by atoms with E-state index < -0.39 is 18.9 Å². The Hall–Kier alpha value is -0.360. The van der Waals surface area contributed by atoms with Gasteiger partial charge in [0.25, 0.3) is 0 Å². The summed E-state index contributed by atoms with van der Waals surface area (Å²) in [7, 11) is 0. The molecule has 1 aliphatic heterocycles. The molecule has 1 rings (SSSR count). The predicted octanol–water partition coefficient (Wildman–Crippen LogP) is 2.60. The third-order valence-corrected chi connectivity index (χ3v) is 3.28. The van der Waals surface area contributed by atoms with Gasteiger partial charge in [-0.3, -0.25) is 4.90 Å². The molecule has 0 aromatic heterocycles. The normalized spacial score (nSPS) is 24.3. The lowest BCUT2D eigenvalue weighted by Gasteiger charge is -2.34. The number of rotatable bonds is 3. The fourth-order valence-electron chi connectivity index (χ4n) is 2.08. The predicted molar refractivity (Wildman–Crippen MR) is 63.3 cm³/mol. The Morgan fingerprint density at radius 1 is 1.28 bits per heavy atom. The summed E-state index contributed by atoms with van der Waals surface area (Å²) in [5.41, 5.74) is -0.0806. The maximum absolute atomic E-state index is 13.1. The average molecular weight is 270 g/mol. The highest BCUT2D eigenvalue weighted by molar-refractivity contribution is 4.87. The highest BCUT2D eigenvalue weighted by Crippen LogP contribution is 2.27. The summed E-state index contributed by atoms with van der Waals surface area (Å²) in [4.78, 5) is 1.45. The van der Waals surface area contributed by atoms with E-state index in [0.717, 1.165) is 6.54 Å². The summed E-state index contributed by atoms with van der Waals surface area (Å²) in [5.74, 6) is -3.92. The van der Waals surface area contributed by atoms with Crippen molar-refractivity contribution in [3.8, 4) is 0 Å². The van der Waals surface area contributed by atoms with Crippen molar-refractivity contribution in [2.45, 2.75) is 45.6 Å². The lowest BCUT2D eigenvalue weighted by Crippen LogP contribution is -2.49. The van der Waals surface area contributed by atoms with Crippen LogP contribution in [0.1, 0.15) is 27.2 Å². The van der Waals surface area contributed by atoms with Crippen molar-refractivity contribution < 1.29 is 17.6 Å². The van der Waals surface area contributed by atoms with E-state index in [9.17, 15) is 17.6 Å². The van der Waals surface area contributed by atoms with Gasteiger partial charge in [0.05, 0.1) is 6.54 Å². The summed E-state index contributed by atoms with van der Waals surface area (Å²) in [6, 6.07) is 0.0356. The summed E-state index contributed by atoms with van der Waals surface area (Å²) in [5, 5.41) is 3.29. The molecule has 2 nitrogen and oxygen atoms in total. The summed E-state index contributed by atoms with van der Waals surface area (Å²) in [6.45, 7) is 6.73. The minimum atomic E-state index is -3.92. The molecular formula is C12H22F4N2. The Balaban J connectivity index is 2.65. The Labute approximate surface area is 106 Å². The van der Waals surface area contributed by atoms with Gasteiger partial charge in [-0.1, -0.05) is 20.8 Å². The van der Waals surface area contributed by atoms with Crippen molar-refractivity contribution in [1.82, 2.24) is 10.2 Å². The van der Waals surface area contributed by atoms with Crippen molar-refractivity contribution in [2.75, 3.05) is 26.2 Å². The fraction of sp³-hybridized carbons (Fsp3) is 1.00. The van der Waals surface area contributed by atoms with Crippen LogP contribution in [0.25, 0.3) is 0 Å². The van der Waals surface area contributed by atoms with Gasteiger partial charge >= 0.3 is 12.3 Å². The van der Waals surface area contributed by atoms with E-state index in [1.54, 1.807) is 0 Å². The molecule has 1 saturated heterocycles. The first-order valence-electron chi connectivity index (χ1n) is 6.24. The summed E-state index contributed by atoms with van der Waals surface area (Å²) in [6.07, 6.45) is -2.90. The zero-order valence-electron chi connectivity index (χ0n) is 11.1. The molecule has 108 valence electrons. The van der Waals surface area contributed by atoms with Crippen LogP contribution in [0.4, 0.5) is 17.6 Å². The zero-order chi connectivity index (χ0) is 14.0. The van der Waals surface area contributed by atoms with Crippen LogP contribution in [0.15, 0.2) is 0 Å². The molecule has 1 aliphatic rings. The van der Waals surface area contributed by atoms with Gasteiger partial charge in [0.2, 0.25) is 0 Å². The van der Waals surface area contributed by atoms with E-state index in [4.69, 9.17) is 0 Å². The molecule has 1 N–H and O–H groups in total. The Morgan fingerprint density at radius 2 is 1.89 bits per heavy atom. The maximum Gasteiger partial charge on any atom is 0.319 e. The Bertz CT molecular complexity index is 263. The van der Waals surface area contributed by atoms with E-state index in [0.29, 0.717) is 19.5 Å².